The SMILES string of the molecule is CC(NC(=O)C(c1ccc(Cl)cc1)C(C)C)c1ccccc1. The second-order valence-electron chi connectivity index (χ2n) is 5.91. The van der Waals surface area contributed by atoms with Gasteiger partial charge in [-0.25, -0.2) is 0 Å². The maximum Gasteiger partial charge on any atom is 0.228 e. The molecule has 2 atom stereocenters. The number of rotatable bonds is 5. The Balaban J connectivity index is 2.15. The summed E-state index contributed by atoms with van der Waals surface area (Å²) < 4.78 is 0. The molecule has 22 heavy (non-hydrogen) atoms. The number of hydrogen-bond acceptors (Lipinski definition) is 1. The van der Waals surface area contributed by atoms with Crippen LogP contribution in [0.25, 0.3) is 0 Å². The Morgan fingerprint density at radius 2 is 1.50 bits per heavy atom. The average Bonchev–Trinajstić information content (AvgIpc) is 2.50. The molecule has 1 N–H and O–H groups in total. The summed E-state index contributed by atoms with van der Waals surface area (Å²) in [6, 6.07) is 17.5. The highest BCUT2D eigenvalue weighted by Crippen LogP contribution is 2.27. The molecule has 116 valence electrons. The topological polar surface area (TPSA) is 29.1 Å². The van der Waals surface area contributed by atoms with E-state index in [9.17, 15) is 4.79 Å². The van der Waals surface area contributed by atoms with Gasteiger partial charge >= 0.3 is 0 Å². The third-order valence-electron chi connectivity index (χ3n) is 3.84. The van der Waals surface area contributed by atoms with Gasteiger partial charge in [0.25, 0.3) is 0 Å². The summed E-state index contributed by atoms with van der Waals surface area (Å²) in [5.74, 6) is 0.0845. The van der Waals surface area contributed by atoms with E-state index in [-0.39, 0.29) is 23.8 Å². The molecule has 2 nitrogen and oxygen atoms in total. The lowest BCUT2D eigenvalue weighted by Crippen LogP contribution is -2.33. The molecule has 1 amide bonds. The lowest BCUT2D eigenvalue weighted by atomic mass is 9.87. The van der Waals surface area contributed by atoms with Crippen molar-refractivity contribution in [3.63, 3.8) is 0 Å². The second kappa shape index (κ2) is 7.46. The fourth-order valence-electron chi connectivity index (χ4n) is 2.64. The molecule has 0 aliphatic carbocycles. The van der Waals surface area contributed by atoms with Gasteiger partial charge in [-0.1, -0.05) is 67.9 Å². The van der Waals surface area contributed by atoms with Crippen LogP contribution < -0.4 is 5.32 Å². The van der Waals surface area contributed by atoms with Gasteiger partial charge in [0.05, 0.1) is 12.0 Å². The molecule has 2 unspecified atom stereocenters. The van der Waals surface area contributed by atoms with Crippen LogP contribution in [0, 0.1) is 5.92 Å². The van der Waals surface area contributed by atoms with Crippen LogP contribution in [0.2, 0.25) is 5.02 Å². The van der Waals surface area contributed by atoms with Gasteiger partial charge in [0.15, 0.2) is 0 Å². The van der Waals surface area contributed by atoms with E-state index in [1.54, 1.807) is 0 Å². The van der Waals surface area contributed by atoms with E-state index in [4.69, 9.17) is 11.6 Å². The van der Waals surface area contributed by atoms with Crippen LogP contribution in [0.4, 0.5) is 0 Å². The zero-order valence-electron chi connectivity index (χ0n) is 13.2. The highest BCUT2D eigenvalue weighted by atomic mass is 35.5. The molecule has 0 aromatic heterocycles. The first kappa shape index (κ1) is 16.6. The van der Waals surface area contributed by atoms with Crippen molar-refractivity contribution in [3.8, 4) is 0 Å². The Morgan fingerprint density at radius 1 is 0.909 bits per heavy atom. The van der Waals surface area contributed by atoms with Crippen molar-refractivity contribution in [3.05, 3.63) is 70.7 Å². The van der Waals surface area contributed by atoms with Crippen LogP contribution in [-0.2, 0) is 4.79 Å². The van der Waals surface area contributed by atoms with Crippen LogP contribution in [0.1, 0.15) is 43.9 Å². The van der Waals surface area contributed by atoms with Gasteiger partial charge in [-0.15, -0.1) is 0 Å². The third-order valence-corrected chi connectivity index (χ3v) is 4.09. The monoisotopic (exact) mass is 315 g/mol. The number of carbonyl (C=O) groups excluding carboxylic acids is 1. The van der Waals surface area contributed by atoms with Gasteiger partial charge < -0.3 is 5.32 Å². The van der Waals surface area contributed by atoms with Crippen LogP contribution in [-0.4, -0.2) is 5.91 Å². The lowest BCUT2D eigenvalue weighted by Gasteiger charge is -2.23. The average molecular weight is 316 g/mol. The largest absolute Gasteiger partial charge is 0.349 e. The second-order valence-corrected chi connectivity index (χ2v) is 6.35. The summed E-state index contributed by atoms with van der Waals surface area (Å²) >= 11 is 5.94. The number of benzene rings is 2. The summed E-state index contributed by atoms with van der Waals surface area (Å²) in [6.07, 6.45) is 0. The van der Waals surface area contributed by atoms with Crippen molar-refractivity contribution in [1.29, 1.82) is 0 Å². The summed E-state index contributed by atoms with van der Waals surface area (Å²) in [5.41, 5.74) is 2.10. The molecule has 0 fully saturated rings. The number of carbonyl (C=O) groups is 1. The van der Waals surface area contributed by atoms with Crippen LogP contribution in [0.5, 0.6) is 0 Å². The van der Waals surface area contributed by atoms with E-state index >= 15 is 0 Å². The standard InChI is InChI=1S/C19H22ClNO/c1-13(2)18(16-9-11-17(20)12-10-16)19(22)21-14(3)15-7-5-4-6-8-15/h4-14,18H,1-3H3,(H,21,22). The quantitative estimate of drug-likeness (QED) is 0.830. The Kier molecular flexibility index (Phi) is 5.62. The van der Waals surface area contributed by atoms with Gasteiger partial charge in [-0.3, -0.25) is 4.79 Å². The van der Waals surface area contributed by atoms with E-state index < -0.39 is 0 Å². The minimum Gasteiger partial charge on any atom is -0.349 e. The van der Waals surface area contributed by atoms with E-state index in [1.165, 1.54) is 0 Å². The van der Waals surface area contributed by atoms with Crippen molar-refractivity contribution >= 4 is 17.5 Å². The number of hydrogen-bond donors (Lipinski definition) is 1. The predicted octanol–water partition coefficient (Wildman–Crippen LogP) is 4.96. The smallest absolute Gasteiger partial charge is 0.228 e. The maximum atomic E-state index is 12.7. The molecule has 0 aliphatic rings. The van der Waals surface area contributed by atoms with Gasteiger partial charge in [-0.05, 0) is 36.1 Å². The first-order valence-corrected chi connectivity index (χ1v) is 7.97. The van der Waals surface area contributed by atoms with Crippen LogP contribution >= 0.6 is 11.6 Å². The Morgan fingerprint density at radius 3 is 2.05 bits per heavy atom. The molecule has 0 spiro atoms. The molecule has 0 radical (unpaired) electrons. The molecule has 0 bridgehead atoms. The highest BCUT2D eigenvalue weighted by Gasteiger charge is 2.25. The molecular formula is C19H22ClNO. The Bertz CT molecular complexity index is 607. The normalized spacial score (nSPS) is 13.7. The molecule has 0 aliphatic heterocycles. The summed E-state index contributed by atoms with van der Waals surface area (Å²) in [6.45, 7) is 6.13. The number of halogens is 1. The van der Waals surface area contributed by atoms with Crippen LogP contribution in [0.15, 0.2) is 54.6 Å². The first-order chi connectivity index (χ1) is 10.5. The van der Waals surface area contributed by atoms with E-state index in [0.717, 1.165) is 11.1 Å². The fraction of sp³-hybridized carbons (Fsp3) is 0.316. The molecule has 0 saturated carbocycles. The van der Waals surface area contributed by atoms with E-state index in [0.29, 0.717) is 5.02 Å². The summed E-state index contributed by atoms with van der Waals surface area (Å²) in [5, 5.41) is 3.80. The van der Waals surface area contributed by atoms with Crippen LogP contribution in [0.3, 0.4) is 0 Å². The van der Waals surface area contributed by atoms with Gasteiger partial charge in [0.1, 0.15) is 0 Å². The predicted molar refractivity (Wildman–Crippen MR) is 92.0 cm³/mol. The van der Waals surface area contributed by atoms with Crippen molar-refractivity contribution in [2.45, 2.75) is 32.7 Å². The first-order valence-electron chi connectivity index (χ1n) is 7.60. The zero-order chi connectivity index (χ0) is 16.1. The third kappa shape index (κ3) is 4.11. The van der Waals surface area contributed by atoms with E-state index in [2.05, 4.69) is 19.2 Å². The number of amides is 1. The maximum absolute atomic E-state index is 12.7. The van der Waals surface area contributed by atoms with Crippen molar-refractivity contribution < 1.29 is 4.79 Å². The molecule has 0 heterocycles. The molecule has 2 aromatic carbocycles. The highest BCUT2D eigenvalue weighted by molar-refractivity contribution is 6.30. The number of nitrogens with one attached hydrogen (secondary N) is 1. The fourth-order valence-corrected chi connectivity index (χ4v) is 2.76. The molecule has 2 rings (SSSR count). The molecular weight excluding hydrogens is 294 g/mol. The zero-order valence-corrected chi connectivity index (χ0v) is 14.0. The van der Waals surface area contributed by atoms with Crippen molar-refractivity contribution in [2.24, 2.45) is 5.92 Å². The molecule has 3 heteroatoms. The van der Waals surface area contributed by atoms with Gasteiger partial charge in [0.2, 0.25) is 5.91 Å². The molecule has 2 aromatic rings. The summed E-state index contributed by atoms with van der Waals surface area (Å²) in [4.78, 5) is 12.7. The Hall–Kier alpha value is -1.80. The lowest BCUT2D eigenvalue weighted by molar-refractivity contribution is -0.124. The summed E-state index contributed by atoms with van der Waals surface area (Å²) in [7, 11) is 0. The molecule has 0 saturated heterocycles. The van der Waals surface area contributed by atoms with Crippen molar-refractivity contribution in [2.75, 3.05) is 0 Å². The Labute approximate surface area is 137 Å². The van der Waals surface area contributed by atoms with Gasteiger partial charge in [0, 0.05) is 5.02 Å². The van der Waals surface area contributed by atoms with Crippen molar-refractivity contribution in [1.82, 2.24) is 5.32 Å². The van der Waals surface area contributed by atoms with E-state index in [1.807, 2.05) is 61.5 Å². The minimum atomic E-state index is -0.177. The minimum absolute atomic E-state index is 0.0118. The van der Waals surface area contributed by atoms with Gasteiger partial charge in [-0.2, -0.15) is 0 Å².